The van der Waals surface area contributed by atoms with Crippen molar-refractivity contribution in [2.75, 3.05) is 6.54 Å². The molecule has 1 saturated heterocycles. The summed E-state index contributed by atoms with van der Waals surface area (Å²) in [6.07, 6.45) is -2.81. The van der Waals surface area contributed by atoms with Crippen molar-refractivity contribution in [3.63, 3.8) is 0 Å². The Morgan fingerprint density at radius 1 is 1.21 bits per heavy atom. The second-order valence-corrected chi connectivity index (χ2v) is 8.30. The molecule has 1 aliphatic heterocycles. The normalized spacial score (nSPS) is 23.4. The fraction of sp³-hybridized carbons (Fsp3) is 0.409. The lowest BCUT2D eigenvalue weighted by Crippen LogP contribution is -2.57. The number of rotatable bonds is 4. The minimum absolute atomic E-state index is 0.185. The molecule has 2 N–H and O–H groups in total. The average molecular weight is 425 g/mol. The van der Waals surface area contributed by atoms with Crippen LogP contribution in [0.5, 0.6) is 0 Å². The van der Waals surface area contributed by atoms with Crippen molar-refractivity contribution in [2.45, 2.75) is 44.4 Å². The van der Waals surface area contributed by atoms with E-state index >= 15 is 0 Å². The molecule has 29 heavy (non-hydrogen) atoms. The molecule has 3 atom stereocenters. The monoisotopic (exact) mass is 424 g/mol. The zero-order valence-electron chi connectivity index (χ0n) is 16.3. The van der Waals surface area contributed by atoms with Gasteiger partial charge in [-0.25, -0.2) is 0 Å². The summed E-state index contributed by atoms with van der Waals surface area (Å²) < 4.78 is 39.5. The molecule has 0 radical (unpaired) electrons. The number of amides is 1. The molecule has 2 aromatic rings. The first kappa shape index (κ1) is 21.7. The van der Waals surface area contributed by atoms with E-state index in [0.29, 0.717) is 5.92 Å². The van der Waals surface area contributed by atoms with Crippen molar-refractivity contribution in [2.24, 2.45) is 5.92 Å². The number of hydrogen-bond donors (Lipinski definition) is 2. The lowest BCUT2D eigenvalue weighted by Gasteiger charge is -2.44. The van der Waals surface area contributed by atoms with Gasteiger partial charge in [0, 0.05) is 5.54 Å². The molecule has 0 bridgehead atoms. The molecule has 3 nitrogen and oxygen atoms in total. The van der Waals surface area contributed by atoms with Crippen molar-refractivity contribution in [3.8, 4) is 0 Å². The van der Waals surface area contributed by atoms with Crippen LogP contribution in [-0.4, -0.2) is 18.0 Å². The molecule has 3 rings (SSSR count). The van der Waals surface area contributed by atoms with Crippen molar-refractivity contribution >= 4 is 17.5 Å². The number of benzene rings is 2. The summed E-state index contributed by atoms with van der Waals surface area (Å²) >= 11 is 5.96. The summed E-state index contributed by atoms with van der Waals surface area (Å²) in [5.74, 6) is -0.107. The number of carbonyl (C=O) groups is 1. The number of halogens is 4. The fourth-order valence-electron chi connectivity index (χ4n) is 3.78. The average Bonchev–Trinajstić information content (AvgIpc) is 2.68. The SMILES string of the molecule is CC1CCC(C)(C(NC(=O)c2cccc(C(F)(F)F)c2Cl)c2ccccc2)NC1. The topological polar surface area (TPSA) is 41.1 Å². The minimum Gasteiger partial charge on any atom is -0.343 e. The summed E-state index contributed by atoms with van der Waals surface area (Å²) in [6, 6.07) is 12.4. The highest BCUT2D eigenvalue weighted by atomic mass is 35.5. The van der Waals surface area contributed by atoms with Gasteiger partial charge in [-0.3, -0.25) is 4.79 Å². The molecule has 0 aliphatic carbocycles. The second kappa shape index (κ2) is 8.36. The molecule has 0 saturated carbocycles. The molecule has 2 aromatic carbocycles. The van der Waals surface area contributed by atoms with Crippen LogP contribution in [-0.2, 0) is 6.18 Å². The van der Waals surface area contributed by atoms with Crippen LogP contribution >= 0.6 is 11.6 Å². The first-order chi connectivity index (χ1) is 13.6. The van der Waals surface area contributed by atoms with E-state index in [1.54, 1.807) is 0 Å². The van der Waals surface area contributed by atoms with Gasteiger partial charge in [-0.2, -0.15) is 13.2 Å². The fourth-order valence-corrected chi connectivity index (χ4v) is 4.10. The Hall–Kier alpha value is -2.05. The Labute approximate surface area is 173 Å². The van der Waals surface area contributed by atoms with Gasteiger partial charge in [0.2, 0.25) is 0 Å². The van der Waals surface area contributed by atoms with Gasteiger partial charge >= 0.3 is 6.18 Å². The van der Waals surface area contributed by atoms with Crippen molar-refractivity contribution in [1.29, 1.82) is 0 Å². The Balaban J connectivity index is 1.94. The van der Waals surface area contributed by atoms with Gasteiger partial charge in [0.15, 0.2) is 0 Å². The van der Waals surface area contributed by atoms with E-state index < -0.39 is 34.3 Å². The second-order valence-electron chi connectivity index (χ2n) is 7.92. The molecular formula is C22H24ClF3N2O. The lowest BCUT2D eigenvalue weighted by atomic mass is 9.78. The summed E-state index contributed by atoms with van der Waals surface area (Å²) in [5.41, 5.74) is -0.750. The number of alkyl halides is 3. The van der Waals surface area contributed by atoms with Gasteiger partial charge in [-0.1, -0.05) is 54.9 Å². The highest BCUT2D eigenvalue weighted by molar-refractivity contribution is 6.34. The number of hydrogen-bond acceptors (Lipinski definition) is 2. The molecule has 0 aromatic heterocycles. The van der Waals surface area contributed by atoms with Gasteiger partial charge in [0.1, 0.15) is 0 Å². The third-order valence-electron chi connectivity index (χ3n) is 5.61. The van der Waals surface area contributed by atoms with Crippen molar-refractivity contribution in [3.05, 3.63) is 70.2 Å². The molecule has 156 valence electrons. The maximum Gasteiger partial charge on any atom is 0.417 e. The predicted octanol–water partition coefficient (Wildman–Crippen LogP) is 5.61. The van der Waals surface area contributed by atoms with E-state index in [9.17, 15) is 18.0 Å². The largest absolute Gasteiger partial charge is 0.417 e. The molecule has 1 aliphatic rings. The van der Waals surface area contributed by atoms with E-state index in [4.69, 9.17) is 11.6 Å². The first-order valence-corrected chi connectivity index (χ1v) is 9.96. The quantitative estimate of drug-likeness (QED) is 0.670. The first-order valence-electron chi connectivity index (χ1n) is 9.58. The van der Waals surface area contributed by atoms with Gasteiger partial charge in [-0.15, -0.1) is 0 Å². The number of nitrogens with one attached hydrogen (secondary N) is 2. The highest BCUT2D eigenvalue weighted by Crippen LogP contribution is 2.38. The van der Waals surface area contributed by atoms with E-state index in [-0.39, 0.29) is 5.56 Å². The van der Waals surface area contributed by atoms with Crippen molar-refractivity contribution < 1.29 is 18.0 Å². The van der Waals surface area contributed by atoms with Crippen LogP contribution in [0.1, 0.15) is 54.2 Å². The van der Waals surface area contributed by atoms with E-state index in [0.717, 1.165) is 31.0 Å². The predicted molar refractivity (Wildman–Crippen MR) is 108 cm³/mol. The van der Waals surface area contributed by atoms with Gasteiger partial charge in [0.25, 0.3) is 5.91 Å². The third kappa shape index (κ3) is 4.75. The molecule has 1 amide bonds. The van der Waals surface area contributed by atoms with Crippen LogP contribution in [0, 0.1) is 5.92 Å². The molecule has 7 heteroatoms. The summed E-state index contributed by atoms with van der Waals surface area (Å²) in [6.45, 7) is 5.00. The molecule has 0 spiro atoms. The van der Waals surface area contributed by atoms with Crippen LogP contribution in [0.15, 0.2) is 48.5 Å². The molecule has 3 unspecified atom stereocenters. The Bertz CT molecular complexity index is 862. The van der Waals surface area contributed by atoms with Crippen LogP contribution in [0.2, 0.25) is 5.02 Å². The van der Waals surface area contributed by atoms with Crippen molar-refractivity contribution in [1.82, 2.24) is 10.6 Å². The Morgan fingerprint density at radius 2 is 1.90 bits per heavy atom. The molecule has 1 fully saturated rings. The maximum absolute atomic E-state index is 13.2. The van der Waals surface area contributed by atoms with Gasteiger partial charge in [0.05, 0.1) is 22.2 Å². The van der Waals surface area contributed by atoms with Crippen LogP contribution in [0.4, 0.5) is 13.2 Å². The van der Waals surface area contributed by atoms with Crippen LogP contribution in [0.25, 0.3) is 0 Å². The molecular weight excluding hydrogens is 401 g/mol. The van der Waals surface area contributed by atoms with E-state index in [1.165, 1.54) is 12.1 Å². The summed E-state index contributed by atoms with van der Waals surface area (Å²) in [7, 11) is 0. The smallest absolute Gasteiger partial charge is 0.343 e. The molecule has 1 heterocycles. The zero-order valence-corrected chi connectivity index (χ0v) is 17.1. The zero-order chi connectivity index (χ0) is 21.2. The third-order valence-corrected chi connectivity index (χ3v) is 6.01. The van der Waals surface area contributed by atoms with Crippen LogP contribution in [0.3, 0.4) is 0 Å². The minimum atomic E-state index is -4.63. The maximum atomic E-state index is 13.2. The summed E-state index contributed by atoms with van der Waals surface area (Å²) in [5, 5.41) is 5.88. The van der Waals surface area contributed by atoms with Crippen LogP contribution < -0.4 is 10.6 Å². The summed E-state index contributed by atoms with van der Waals surface area (Å²) in [4.78, 5) is 13.0. The van der Waals surface area contributed by atoms with E-state index in [1.807, 2.05) is 37.3 Å². The Kier molecular flexibility index (Phi) is 6.24. The highest BCUT2D eigenvalue weighted by Gasteiger charge is 2.40. The Morgan fingerprint density at radius 3 is 2.48 bits per heavy atom. The lowest BCUT2D eigenvalue weighted by molar-refractivity contribution is -0.137. The van der Waals surface area contributed by atoms with Gasteiger partial charge < -0.3 is 10.6 Å². The number of carbonyl (C=O) groups excluding carboxylic acids is 1. The van der Waals surface area contributed by atoms with E-state index in [2.05, 4.69) is 17.6 Å². The standard InChI is InChI=1S/C22H24ClF3N2O/c1-14-11-12-21(2,27-13-14)19(15-7-4-3-5-8-15)28-20(29)16-9-6-10-17(18(16)23)22(24,25)26/h3-10,14,19,27H,11-13H2,1-2H3,(H,28,29). The van der Waals surface area contributed by atoms with Gasteiger partial charge in [-0.05, 0) is 49.9 Å². The number of piperidine rings is 1.